The SMILES string of the molecule is Cc1nc2ccc(C#CC(C)(C)CO)cc2n1C1=NC(N)N=CN1. The largest absolute Gasteiger partial charge is 0.395 e. The average Bonchev–Trinajstić information content (AvgIpc) is 2.88. The van der Waals surface area contributed by atoms with Crippen LogP contribution in [0.3, 0.4) is 0 Å². The Labute approximate surface area is 140 Å². The lowest BCUT2D eigenvalue weighted by Crippen LogP contribution is -2.37. The maximum absolute atomic E-state index is 9.32. The molecule has 0 bridgehead atoms. The summed E-state index contributed by atoms with van der Waals surface area (Å²) in [6.45, 7) is 5.71. The first-order valence-electron chi connectivity index (χ1n) is 7.65. The number of aliphatic hydroxyl groups is 1. The van der Waals surface area contributed by atoms with E-state index in [0.29, 0.717) is 5.96 Å². The minimum atomic E-state index is -0.619. The van der Waals surface area contributed by atoms with Gasteiger partial charge in [0.25, 0.3) is 0 Å². The summed E-state index contributed by atoms with van der Waals surface area (Å²) in [7, 11) is 0. The first-order valence-corrected chi connectivity index (χ1v) is 7.65. The van der Waals surface area contributed by atoms with Crippen molar-refractivity contribution in [2.45, 2.75) is 27.1 Å². The van der Waals surface area contributed by atoms with Crippen LogP contribution in [0.5, 0.6) is 0 Å². The molecule has 1 aromatic carbocycles. The molecule has 0 amide bonds. The number of imidazole rings is 1. The lowest BCUT2D eigenvalue weighted by Gasteiger charge is -2.15. The van der Waals surface area contributed by atoms with Crippen LogP contribution in [0.2, 0.25) is 0 Å². The van der Waals surface area contributed by atoms with Crippen molar-refractivity contribution in [3.05, 3.63) is 29.6 Å². The van der Waals surface area contributed by atoms with E-state index in [2.05, 4.69) is 32.1 Å². The molecule has 3 rings (SSSR count). The van der Waals surface area contributed by atoms with Gasteiger partial charge in [0.2, 0.25) is 5.96 Å². The standard InChI is InChI=1S/C17H20N6O/c1-11-21-13-5-4-12(6-7-17(2,3)9-24)8-14(13)23(11)16-20-10-19-15(18)22-16/h4-5,8,10,15,24H,9,18H2,1-3H3,(H,19,20,22). The molecule has 2 aromatic rings. The number of nitrogens with zero attached hydrogens (tertiary/aromatic N) is 4. The van der Waals surface area contributed by atoms with E-state index in [1.165, 1.54) is 6.34 Å². The molecule has 4 N–H and O–H groups in total. The first kappa shape index (κ1) is 16.2. The zero-order chi connectivity index (χ0) is 17.3. The number of benzene rings is 1. The molecule has 7 heteroatoms. The summed E-state index contributed by atoms with van der Waals surface area (Å²) < 4.78 is 1.89. The maximum atomic E-state index is 9.32. The lowest BCUT2D eigenvalue weighted by atomic mass is 9.95. The number of aliphatic hydroxyl groups excluding tert-OH is 1. The van der Waals surface area contributed by atoms with Gasteiger partial charge in [-0.1, -0.05) is 11.8 Å². The minimum absolute atomic E-state index is 0.0111. The van der Waals surface area contributed by atoms with Gasteiger partial charge in [0.05, 0.1) is 24.0 Å². The van der Waals surface area contributed by atoms with Gasteiger partial charge >= 0.3 is 0 Å². The number of aliphatic imine (C=N–C) groups is 2. The van der Waals surface area contributed by atoms with E-state index >= 15 is 0 Å². The first-order chi connectivity index (χ1) is 11.4. The van der Waals surface area contributed by atoms with Gasteiger partial charge in [-0.25, -0.2) is 15.0 Å². The predicted molar refractivity (Wildman–Crippen MR) is 94.7 cm³/mol. The van der Waals surface area contributed by atoms with Crippen LogP contribution in [0.4, 0.5) is 0 Å². The van der Waals surface area contributed by atoms with E-state index < -0.39 is 11.7 Å². The summed E-state index contributed by atoms with van der Waals surface area (Å²) in [5.74, 6) is 7.57. The third kappa shape index (κ3) is 3.15. The second-order valence-corrected chi connectivity index (χ2v) is 6.28. The Balaban J connectivity index is 2.08. The van der Waals surface area contributed by atoms with Gasteiger partial charge in [-0.3, -0.25) is 10.3 Å². The van der Waals surface area contributed by atoms with Crippen LogP contribution in [-0.2, 0) is 0 Å². The molecule has 2 heterocycles. The summed E-state index contributed by atoms with van der Waals surface area (Å²) in [6, 6.07) is 5.80. The van der Waals surface area contributed by atoms with Gasteiger partial charge in [0.1, 0.15) is 5.82 Å². The molecule has 0 saturated carbocycles. The monoisotopic (exact) mass is 324 g/mol. The minimum Gasteiger partial charge on any atom is -0.395 e. The van der Waals surface area contributed by atoms with Gasteiger partial charge in [0, 0.05) is 11.0 Å². The number of nitrogens with two attached hydrogens (primary N) is 1. The molecule has 1 atom stereocenters. The average molecular weight is 324 g/mol. The number of aromatic nitrogens is 2. The fourth-order valence-electron chi connectivity index (χ4n) is 2.31. The molecule has 0 aliphatic carbocycles. The summed E-state index contributed by atoms with van der Waals surface area (Å²) in [5, 5.41) is 12.3. The molecular weight excluding hydrogens is 304 g/mol. The van der Waals surface area contributed by atoms with Crippen LogP contribution >= 0.6 is 0 Å². The van der Waals surface area contributed by atoms with Crippen molar-refractivity contribution in [1.82, 2.24) is 14.9 Å². The zero-order valence-electron chi connectivity index (χ0n) is 13.9. The highest BCUT2D eigenvalue weighted by Gasteiger charge is 2.16. The Hall–Kier alpha value is -2.69. The number of aryl methyl sites for hydroxylation is 1. The van der Waals surface area contributed by atoms with Crippen LogP contribution in [0, 0.1) is 24.2 Å². The van der Waals surface area contributed by atoms with Gasteiger partial charge in [-0.2, -0.15) is 0 Å². The summed E-state index contributed by atoms with van der Waals surface area (Å²) in [6.07, 6.45) is 0.914. The third-order valence-electron chi connectivity index (χ3n) is 3.65. The predicted octanol–water partition coefficient (Wildman–Crippen LogP) is 0.793. The number of hydrogen-bond acceptors (Lipinski definition) is 6. The van der Waals surface area contributed by atoms with Crippen molar-refractivity contribution in [2.24, 2.45) is 21.1 Å². The normalized spacial score (nSPS) is 17.2. The zero-order valence-corrected chi connectivity index (χ0v) is 13.9. The molecular formula is C17H20N6O. The van der Waals surface area contributed by atoms with Crippen LogP contribution in [0.25, 0.3) is 11.0 Å². The van der Waals surface area contributed by atoms with E-state index in [0.717, 1.165) is 22.4 Å². The Morgan fingerprint density at radius 3 is 2.92 bits per heavy atom. The third-order valence-corrected chi connectivity index (χ3v) is 3.65. The van der Waals surface area contributed by atoms with Crippen molar-refractivity contribution in [2.75, 3.05) is 6.61 Å². The summed E-state index contributed by atoms with van der Waals surface area (Å²) in [5.41, 5.74) is 7.90. The molecule has 124 valence electrons. The van der Waals surface area contributed by atoms with Gasteiger partial charge in [-0.15, -0.1) is 0 Å². The Morgan fingerprint density at radius 2 is 2.21 bits per heavy atom. The van der Waals surface area contributed by atoms with E-state index in [1.54, 1.807) is 0 Å². The smallest absolute Gasteiger partial charge is 0.212 e. The highest BCUT2D eigenvalue weighted by molar-refractivity contribution is 5.99. The van der Waals surface area contributed by atoms with Gasteiger partial charge < -0.3 is 10.4 Å². The van der Waals surface area contributed by atoms with Crippen LogP contribution < -0.4 is 11.1 Å². The van der Waals surface area contributed by atoms with Crippen LogP contribution in [-0.4, -0.2) is 39.9 Å². The van der Waals surface area contributed by atoms with E-state index in [-0.39, 0.29) is 6.61 Å². The number of hydrogen-bond donors (Lipinski definition) is 3. The van der Waals surface area contributed by atoms with E-state index in [4.69, 9.17) is 5.73 Å². The van der Waals surface area contributed by atoms with E-state index in [1.807, 2.05) is 43.5 Å². The van der Waals surface area contributed by atoms with Crippen LogP contribution in [0.1, 0.15) is 25.2 Å². The van der Waals surface area contributed by atoms with Crippen molar-refractivity contribution in [3.8, 4) is 11.8 Å². The molecule has 0 saturated heterocycles. The van der Waals surface area contributed by atoms with Gasteiger partial charge in [0.15, 0.2) is 6.29 Å². The van der Waals surface area contributed by atoms with Crippen molar-refractivity contribution >= 4 is 23.3 Å². The van der Waals surface area contributed by atoms with Crippen molar-refractivity contribution in [3.63, 3.8) is 0 Å². The fourth-order valence-corrected chi connectivity index (χ4v) is 2.31. The second kappa shape index (κ2) is 6.07. The molecule has 1 aliphatic rings. The molecule has 0 fully saturated rings. The molecule has 1 aliphatic heterocycles. The van der Waals surface area contributed by atoms with Crippen LogP contribution in [0.15, 0.2) is 28.2 Å². The molecule has 1 unspecified atom stereocenters. The Bertz CT molecular complexity index is 897. The summed E-state index contributed by atoms with van der Waals surface area (Å²) in [4.78, 5) is 12.8. The Kier molecular flexibility index (Phi) is 4.09. The molecule has 0 spiro atoms. The summed E-state index contributed by atoms with van der Waals surface area (Å²) >= 11 is 0. The number of rotatable bonds is 1. The second-order valence-electron chi connectivity index (χ2n) is 6.28. The number of fused-ring (bicyclic) bond motifs is 1. The maximum Gasteiger partial charge on any atom is 0.212 e. The molecule has 0 radical (unpaired) electrons. The Morgan fingerprint density at radius 1 is 1.42 bits per heavy atom. The molecule has 24 heavy (non-hydrogen) atoms. The number of nitrogens with one attached hydrogen (secondary N) is 1. The topological polar surface area (TPSA) is 101 Å². The fraction of sp³-hybridized carbons (Fsp3) is 0.353. The highest BCUT2D eigenvalue weighted by atomic mass is 16.3. The molecule has 7 nitrogen and oxygen atoms in total. The van der Waals surface area contributed by atoms with Crippen molar-refractivity contribution < 1.29 is 5.11 Å². The highest BCUT2D eigenvalue weighted by Crippen LogP contribution is 2.19. The van der Waals surface area contributed by atoms with Gasteiger partial charge in [-0.05, 0) is 39.0 Å². The molecule has 1 aromatic heterocycles. The van der Waals surface area contributed by atoms with Crippen molar-refractivity contribution in [1.29, 1.82) is 0 Å². The quantitative estimate of drug-likeness (QED) is 0.675. The van der Waals surface area contributed by atoms with E-state index in [9.17, 15) is 5.11 Å². The lowest BCUT2D eigenvalue weighted by molar-refractivity contribution is 0.206.